The number of likely N-dealkylation sites (N-methyl/N-ethyl adjacent to an activating group) is 1. The molecule has 0 heterocycles. The fourth-order valence-electron chi connectivity index (χ4n) is 0.253. The Labute approximate surface area is 47.2 Å². The SMILES string of the molecule is CN(CCNO)N=O. The van der Waals surface area contributed by atoms with Crippen molar-refractivity contribution in [2.75, 3.05) is 20.1 Å². The third-order valence-electron chi connectivity index (χ3n) is 0.687. The van der Waals surface area contributed by atoms with Gasteiger partial charge in [-0.15, -0.1) is 4.91 Å². The summed E-state index contributed by atoms with van der Waals surface area (Å²) in [5.74, 6) is 0. The van der Waals surface area contributed by atoms with Crippen molar-refractivity contribution in [2.45, 2.75) is 0 Å². The lowest BCUT2D eigenvalue weighted by molar-refractivity contribution is 0.153. The van der Waals surface area contributed by atoms with Crippen molar-refractivity contribution in [3.8, 4) is 0 Å². The van der Waals surface area contributed by atoms with Gasteiger partial charge in [0.15, 0.2) is 0 Å². The van der Waals surface area contributed by atoms with E-state index in [-0.39, 0.29) is 0 Å². The van der Waals surface area contributed by atoms with E-state index in [1.807, 2.05) is 5.48 Å². The first-order valence-corrected chi connectivity index (χ1v) is 2.22. The summed E-state index contributed by atoms with van der Waals surface area (Å²) in [6, 6.07) is 0. The summed E-state index contributed by atoms with van der Waals surface area (Å²) in [6.45, 7) is 0.766. The average molecular weight is 119 g/mol. The molecule has 0 rings (SSSR count). The molecule has 0 amide bonds. The molecule has 5 nitrogen and oxygen atoms in total. The van der Waals surface area contributed by atoms with E-state index in [1.165, 1.54) is 12.1 Å². The summed E-state index contributed by atoms with van der Waals surface area (Å²) < 4.78 is 0. The highest BCUT2D eigenvalue weighted by Gasteiger charge is 1.89. The molecule has 0 aliphatic rings. The molecule has 2 N–H and O–H groups in total. The summed E-state index contributed by atoms with van der Waals surface area (Å²) in [4.78, 5) is 9.58. The Hall–Kier alpha value is -0.680. The van der Waals surface area contributed by atoms with Gasteiger partial charge in [0.25, 0.3) is 0 Å². The van der Waals surface area contributed by atoms with Gasteiger partial charge in [-0.05, 0) is 0 Å². The van der Waals surface area contributed by atoms with Crippen LogP contribution in [0.5, 0.6) is 0 Å². The van der Waals surface area contributed by atoms with E-state index in [0.717, 1.165) is 0 Å². The molecule has 5 heteroatoms. The average Bonchev–Trinajstić information content (AvgIpc) is 1.83. The Bertz CT molecular complexity index is 67.5. The number of hydroxylamine groups is 1. The Morgan fingerprint density at radius 1 is 1.88 bits per heavy atom. The molecule has 0 atom stereocenters. The molecule has 0 aromatic rings. The summed E-state index contributed by atoms with van der Waals surface area (Å²) in [5, 5.41) is 11.7. The monoisotopic (exact) mass is 119 g/mol. The molecule has 0 spiro atoms. The van der Waals surface area contributed by atoms with E-state index in [4.69, 9.17) is 5.21 Å². The molecule has 0 aliphatic heterocycles. The maximum absolute atomic E-state index is 9.58. The molecular formula is C3H9N3O2. The van der Waals surface area contributed by atoms with Crippen molar-refractivity contribution < 1.29 is 5.21 Å². The van der Waals surface area contributed by atoms with Gasteiger partial charge in [-0.1, -0.05) is 0 Å². The lowest BCUT2D eigenvalue weighted by atomic mass is 10.6. The van der Waals surface area contributed by atoms with Crippen molar-refractivity contribution in [3.63, 3.8) is 0 Å². The maximum atomic E-state index is 9.58. The van der Waals surface area contributed by atoms with Crippen LogP contribution in [0.4, 0.5) is 0 Å². The van der Waals surface area contributed by atoms with E-state index >= 15 is 0 Å². The van der Waals surface area contributed by atoms with Crippen molar-refractivity contribution >= 4 is 0 Å². The molecular weight excluding hydrogens is 110 g/mol. The van der Waals surface area contributed by atoms with E-state index in [2.05, 4.69) is 5.29 Å². The zero-order valence-electron chi connectivity index (χ0n) is 4.66. The second-order valence-corrected chi connectivity index (χ2v) is 1.37. The van der Waals surface area contributed by atoms with Crippen LogP contribution in [-0.4, -0.2) is 30.4 Å². The van der Waals surface area contributed by atoms with Gasteiger partial charge in [-0.3, -0.25) is 5.01 Å². The van der Waals surface area contributed by atoms with E-state index < -0.39 is 0 Å². The molecule has 0 aliphatic carbocycles. The van der Waals surface area contributed by atoms with Crippen LogP contribution in [0.1, 0.15) is 0 Å². The minimum atomic E-state index is 0.349. The van der Waals surface area contributed by atoms with Gasteiger partial charge in [-0.25, -0.2) is 5.48 Å². The summed E-state index contributed by atoms with van der Waals surface area (Å²) in [5.41, 5.74) is 1.89. The van der Waals surface area contributed by atoms with Crippen molar-refractivity contribution in [1.29, 1.82) is 0 Å². The summed E-state index contributed by atoms with van der Waals surface area (Å²) >= 11 is 0. The highest BCUT2D eigenvalue weighted by atomic mass is 16.5. The van der Waals surface area contributed by atoms with Gasteiger partial charge < -0.3 is 5.21 Å². The summed E-state index contributed by atoms with van der Waals surface area (Å²) in [6.07, 6.45) is 0. The van der Waals surface area contributed by atoms with Crippen LogP contribution < -0.4 is 5.48 Å². The van der Waals surface area contributed by atoms with Crippen LogP contribution in [-0.2, 0) is 0 Å². The standard InChI is InChI=1S/C3H9N3O2/c1-6(5-8)3-2-4-7/h4,7H,2-3H2,1H3. The third-order valence-corrected chi connectivity index (χ3v) is 0.687. The molecule has 0 aromatic carbocycles. The smallest absolute Gasteiger partial charge is 0.0537 e. The minimum absolute atomic E-state index is 0.349. The van der Waals surface area contributed by atoms with Crippen LogP contribution in [0, 0.1) is 4.91 Å². The third kappa shape index (κ3) is 3.51. The second kappa shape index (κ2) is 4.48. The number of nitroso groups, excluding NO2 is 1. The Morgan fingerprint density at radius 2 is 2.50 bits per heavy atom. The zero-order valence-corrected chi connectivity index (χ0v) is 4.66. The maximum Gasteiger partial charge on any atom is 0.0537 e. The number of nitrogens with zero attached hydrogens (tertiary/aromatic N) is 2. The predicted octanol–water partition coefficient (Wildman–Crippen LogP) is -0.422. The topological polar surface area (TPSA) is 64.9 Å². The molecule has 0 fully saturated rings. The molecule has 0 saturated carbocycles. The Kier molecular flexibility index (Phi) is 4.10. The lowest BCUT2D eigenvalue weighted by Crippen LogP contribution is -2.23. The number of hydrogen-bond acceptors (Lipinski definition) is 4. The first-order chi connectivity index (χ1) is 3.81. The van der Waals surface area contributed by atoms with E-state index in [9.17, 15) is 4.91 Å². The van der Waals surface area contributed by atoms with Crippen molar-refractivity contribution in [2.24, 2.45) is 5.29 Å². The molecule has 0 unspecified atom stereocenters. The first-order valence-electron chi connectivity index (χ1n) is 2.22. The second-order valence-electron chi connectivity index (χ2n) is 1.37. The molecule has 0 bridgehead atoms. The van der Waals surface area contributed by atoms with Crippen LogP contribution in [0.15, 0.2) is 5.29 Å². The normalized spacial score (nSPS) is 8.75. The largest absolute Gasteiger partial charge is 0.317 e. The van der Waals surface area contributed by atoms with Crippen LogP contribution in [0.3, 0.4) is 0 Å². The fourth-order valence-corrected chi connectivity index (χ4v) is 0.253. The first kappa shape index (κ1) is 7.32. The number of rotatable bonds is 4. The zero-order chi connectivity index (χ0) is 6.41. The van der Waals surface area contributed by atoms with Crippen LogP contribution in [0.25, 0.3) is 0 Å². The van der Waals surface area contributed by atoms with Gasteiger partial charge in [-0.2, -0.15) is 0 Å². The van der Waals surface area contributed by atoms with Gasteiger partial charge in [0.05, 0.1) is 11.8 Å². The van der Waals surface area contributed by atoms with Gasteiger partial charge in [0.2, 0.25) is 0 Å². The van der Waals surface area contributed by atoms with Crippen molar-refractivity contribution in [1.82, 2.24) is 10.5 Å². The summed E-state index contributed by atoms with van der Waals surface area (Å²) in [7, 11) is 1.53. The van der Waals surface area contributed by atoms with Gasteiger partial charge in [0.1, 0.15) is 0 Å². The lowest BCUT2D eigenvalue weighted by Gasteiger charge is -2.04. The number of nitrogens with one attached hydrogen (secondary N) is 1. The molecule has 0 aromatic heterocycles. The Morgan fingerprint density at radius 3 is 2.88 bits per heavy atom. The van der Waals surface area contributed by atoms with Crippen molar-refractivity contribution in [3.05, 3.63) is 4.91 Å². The minimum Gasteiger partial charge on any atom is -0.317 e. The quantitative estimate of drug-likeness (QED) is 0.389. The highest BCUT2D eigenvalue weighted by molar-refractivity contribution is 4.41. The number of hydrogen-bond donors (Lipinski definition) is 2. The molecule has 0 radical (unpaired) electrons. The van der Waals surface area contributed by atoms with E-state index in [0.29, 0.717) is 13.1 Å². The van der Waals surface area contributed by atoms with E-state index in [1.54, 1.807) is 0 Å². The Balaban J connectivity index is 2.98. The van der Waals surface area contributed by atoms with Gasteiger partial charge in [0, 0.05) is 13.6 Å². The molecule has 8 heavy (non-hydrogen) atoms. The molecule has 0 saturated heterocycles. The highest BCUT2D eigenvalue weighted by Crippen LogP contribution is 1.76. The van der Waals surface area contributed by atoms with Crippen LogP contribution in [0.2, 0.25) is 0 Å². The fraction of sp³-hybridized carbons (Fsp3) is 1.00. The molecule has 48 valence electrons. The van der Waals surface area contributed by atoms with Crippen LogP contribution >= 0.6 is 0 Å². The predicted molar refractivity (Wildman–Crippen MR) is 28.2 cm³/mol. The van der Waals surface area contributed by atoms with Gasteiger partial charge >= 0.3 is 0 Å².